The smallest absolute Gasteiger partial charge is 0.275 e. The van der Waals surface area contributed by atoms with Crippen molar-refractivity contribution < 1.29 is 18.0 Å². The van der Waals surface area contributed by atoms with Crippen molar-refractivity contribution in [3.8, 4) is 0 Å². The van der Waals surface area contributed by atoms with E-state index in [2.05, 4.69) is 4.98 Å². The number of hydrogen-bond acceptors (Lipinski definition) is 2. The minimum Gasteiger partial charge on any atom is -0.275 e. The van der Waals surface area contributed by atoms with Crippen LogP contribution in [0.2, 0.25) is 5.02 Å². The number of hydrogen-bond donors (Lipinski definition) is 0. The monoisotopic (exact) mass is 243 g/mol. The first-order valence-corrected chi connectivity index (χ1v) is 4.01. The molecule has 1 rings (SSSR count). The summed E-state index contributed by atoms with van der Waals surface area (Å²) in [6.45, 7) is 0. The summed E-state index contributed by atoms with van der Waals surface area (Å²) in [7, 11) is 0. The molecule has 0 radical (unpaired) electrons. The van der Waals surface area contributed by atoms with Gasteiger partial charge in [0.25, 0.3) is 5.24 Å². The Morgan fingerprint density at radius 1 is 1.43 bits per heavy atom. The molecule has 0 saturated heterocycles. The number of nitrogens with zero attached hydrogens (tertiary/aromatic N) is 1. The molecule has 0 unspecified atom stereocenters. The van der Waals surface area contributed by atoms with Gasteiger partial charge in [0.15, 0.2) is 5.69 Å². The first kappa shape index (κ1) is 11.3. The van der Waals surface area contributed by atoms with Gasteiger partial charge in [-0.05, 0) is 17.7 Å². The first-order chi connectivity index (χ1) is 6.34. The van der Waals surface area contributed by atoms with Gasteiger partial charge in [-0.2, -0.15) is 13.2 Å². The molecule has 0 bridgehead atoms. The Bertz CT molecular complexity index is 378. The van der Waals surface area contributed by atoms with E-state index in [0.717, 1.165) is 12.3 Å². The van der Waals surface area contributed by atoms with E-state index in [-0.39, 0.29) is 5.02 Å². The summed E-state index contributed by atoms with van der Waals surface area (Å²) in [6, 6.07) is 1.06. The lowest BCUT2D eigenvalue weighted by molar-refractivity contribution is -0.141. The zero-order chi connectivity index (χ0) is 10.9. The summed E-state index contributed by atoms with van der Waals surface area (Å²) in [5.41, 5.74) is -2.19. The third-order valence-corrected chi connectivity index (χ3v) is 1.87. The van der Waals surface area contributed by atoms with E-state index in [4.69, 9.17) is 23.2 Å². The number of carbonyl (C=O) groups excluding carboxylic acids is 1. The number of pyridine rings is 1. The molecule has 14 heavy (non-hydrogen) atoms. The first-order valence-electron chi connectivity index (χ1n) is 3.25. The van der Waals surface area contributed by atoms with Crippen LogP contribution in [0.4, 0.5) is 13.2 Å². The maximum absolute atomic E-state index is 12.3. The topological polar surface area (TPSA) is 30.0 Å². The molecule has 0 aliphatic rings. The van der Waals surface area contributed by atoms with Gasteiger partial charge in [0, 0.05) is 6.20 Å². The molecule has 1 heterocycles. The summed E-state index contributed by atoms with van der Waals surface area (Å²) in [4.78, 5) is 13.7. The molecule has 76 valence electrons. The van der Waals surface area contributed by atoms with Gasteiger partial charge in [-0.3, -0.25) is 9.78 Å². The summed E-state index contributed by atoms with van der Waals surface area (Å²) in [6.07, 6.45) is -3.89. The van der Waals surface area contributed by atoms with Crippen LogP contribution in [0.25, 0.3) is 0 Å². The molecule has 0 aromatic carbocycles. The van der Waals surface area contributed by atoms with E-state index in [9.17, 15) is 18.0 Å². The highest BCUT2D eigenvalue weighted by molar-refractivity contribution is 6.69. The summed E-state index contributed by atoms with van der Waals surface area (Å²) in [5, 5.41) is -1.65. The summed E-state index contributed by atoms with van der Waals surface area (Å²) < 4.78 is 36.8. The fraction of sp³-hybridized carbons (Fsp3) is 0.143. The third kappa shape index (κ3) is 2.16. The summed E-state index contributed by atoms with van der Waals surface area (Å²) in [5.74, 6) is 0. The number of halogens is 5. The third-order valence-electron chi connectivity index (χ3n) is 1.37. The molecular formula is C7H2Cl2F3NO. The number of rotatable bonds is 1. The lowest BCUT2D eigenvalue weighted by atomic mass is 10.2. The fourth-order valence-electron chi connectivity index (χ4n) is 0.840. The zero-order valence-corrected chi connectivity index (χ0v) is 7.91. The van der Waals surface area contributed by atoms with Crippen molar-refractivity contribution in [2.45, 2.75) is 6.18 Å². The molecule has 0 fully saturated rings. The molecule has 0 aliphatic heterocycles. The second-order valence-corrected chi connectivity index (χ2v) is 3.04. The molecular weight excluding hydrogens is 242 g/mol. The van der Waals surface area contributed by atoms with Crippen LogP contribution < -0.4 is 0 Å². The second kappa shape index (κ2) is 3.74. The molecule has 0 saturated carbocycles. The minimum atomic E-state index is -4.75. The molecule has 1 aromatic heterocycles. The molecule has 2 nitrogen and oxygen atoms in total. The van der Waals surface area contributed by atoms with Crippen LogP contribution in [-0.4, -0.2) is 10.2 Å². The van der Waals surface area contributed by atoms with Gasteiger partial charge in [0.05, 0.1) is 10.6 Å². The highest BCUT2D eigenvalue weighted by Gasteiger charge is 2.37. The van der Waals surface area contributed by atoms with Crippen molar-refractivity contribution in [3.63, 3.8) is 0 Å². The Morgan fingerprint density at radius 3 is 2.36 bits per heavy atom. The van der Waals surface area contributed by atoms with Gasteiger partial charge in [0.1, 0.15) is 0 Å². The minimum absolute atomic E-state index is 0.368. The van der Waals surface area contributed by atoms with Gasteiger partial charge in [-0.25, -0.2) is 0 Å². The maximum atomic E-state index is 12.3. The molecule has 1 aromatic rings. The van der Waals surface area contributed by atoms with Crippen molar-refractivity contribution in [3.05, 3.63) is 28.5 Å². The van der Waals surface area contributed by atoms with Crippen molar-refractivity contribution in [2.24, 2.45) is 0 Å². The van der Waals surface area contributed by atoms with Crippen LogP contribution in [-0.2, 0) is 6.18 Å². The van der Waals surface area contributed by atoms with Gasteiger partial charge < -0.3 is 0 Å². The van der Waals surface area contributed by atoms with E-state index >= 15 is 0 Å². The highest BCUT2D eigenvalue weighted by atomic mass is 35.5. The number of aromatic nitrogens is 1. The standard InChI is InChI=1S/C7H2Cl2F3NO/c8-3-1-2-13-5(7(10,11)12)4(3)6(9)14/h1-2H. The van der Waals surface area contributed by atoms with Gasteiger partial charge in [-0.15, -0.1) is 0 Å². The Kier molecular flexibility index (Phi) is 3.01. The predicted octanol–water partition coefficient (Wildman–Crippen LogP) is 3.13. The SMILES string of the molecule is O=C(Cl)c1c(Cl)ccnc1C(F)(F)F. The second-order valence-electron chi connectivity index (χ2n) is 2.29. The average molecular weight is 244 g/mol. The van der Waals surface area contributed by atoms with Crippen LogP contribution in [0.5, 0.6) is 0 Å². The normalized spacial score (nSPS) is 11.5. The van der Waals surface area contributed by atoms with Crippen molar-refractivity contribution in [1.82, 2.24) is 4.98 Å². The molecule has 0 atom stereocenters. The van der Waals surface area contributed by atoms with E-state index in [1.807, 2.05) is 0 Å². The Hall–Kier alpha value is -0.810. The maximum Gasteiger partial charge on any atom is 0.434 e. The van der Waals surface area contributed by atoms with Crippen molar-refractivity contribution in [2.75, 3.05) is 0 Å². The van der Waals surface area contributed by atoms with Gasteiger partial charge in [0.2, 0.25) is 0 Å². The molecule has 0 aliphatic carbocycles. The fourth-order valence-corrected chi connectivity index (χ4v) is 1.31. The van der Waals surface area contributed by atoms with Crippen LogP contribution in [0.3, 0.4) is 0 Å². The van der Waals surface area contributed by atoms with Crippen molar-refractivity contribution in [1.29, 1.82) is 0 Å². The lowest BCUT2D eigenvalue weighted by Crippen LogP contribution is -2.13. The molecule has 0 N–H and O–H groups in total. The molecule has 7 heteroatoms. The Balaban J connectivity index is 3.44. The van der Waals surface area contributed by atoms with Crippen LogP contribution in [0.15, 0.2) is 12.3 Å². The zero-order valence-electron chi connectivity index (χ0n) is 6.40. The van der Waals surface area contributed by atoms with E-state index in [1.54, 1.807) is 0 Å². The predicted molar refractivity (Wildman–Crippen MR) is 44.4 cm³/mol. The average Bonchev–Trinajstić information content (AvgIpc) is 2.01. The van der Waals surface area contributed by atoms with Gasteiger partial charge in [-0.1, -0.05) is 11.6 Å². The number of alkyl halides is 3. The van der Waals surface area contributed by atoms with Crippen LogP contribution in [0.1, 0.15) is 16.1 Å². The Labute approximate surface area is 86.6 Å². The molecule has 0 spiro atoms. The number of carbonyl (C=O) groups is 1. The van der Waals surface area contributed by atoms with Crippen LogP contribution >= 0.6 is 23.2 Å². The Morgan fingerprint density at radius 2 is 2.00 bits per heavy atom. The van der Waals surface area contributed by atoms with Crippen molar-refractivity contribution >= 4 is 28.4 Å². The summed E-state index contributed by atoms with van der Waals surface area (Å²) >= 11 is 10.3. The molecule has 0 amide bonds. The van der Waals surface area contributed by atoms with E-state index in [1.165, 1.54) is 0 Å². The van der Waals surface area contributed by atoms with Gasteiger partial charge >= 0.3 is 6.18 Å². The van der Waals surface area contributed by atoms with Crippen LogP contribution in [0, 0.1) is 0 Å². The van der Waals surface area contributed by atoms with E-state index in [0.29, 0.717) is 0 Å². The lowest BCUT2D eigenvalue weighted by Gasteiger charge is -2.09. The van der Waals surface area contributed by atoms with E-state index < -0.39 is 22.7 Å². The highest BCUT2D eigenvalue weighted by Crippen LogP contribution is 2.33. The largest absolute Gasteiger partial charge is 0.434 e. The quantitative estimate of drug-likeness (QED) is 0.710.